The maximum absolute atomic E-state index is 11.9. The zero-order valence-corrected chi connectivity index (χ0v) is 10.2. The van der Waals surface area contributed by atoms with E-state index < -0.39 is 0 Å². The summed E-state index contributed by atoms with van der Waals surface area (Å²) in [6.45, 7) is 4.28. The number of unbranched alkanes of at least 4 members (excludes halogenated alkanes) is 1. The minimum absolute atomic E-state index is 0.343. The summed E-state index contributed by atoms with van der Waals surface area (Å²) in [7, 11) is 0. The number of hydrogen-bond donors (Lipinski definition) is 0. The summed E-state index contributed by atoms with van der Waals surface area (Å²) < 4.78 is 0. The third-order valence-corrected chi connectivity index (χ3v) is 3.32. The van der Waals surface area contributed by atoms with Gasteiger partial charge in [-0.2, -0.15) is 0 Å². The molecular weight excluding hydrogens is 184 g/mol. The van der Waals surface area contributed by atoms with Crippen LogP contribution in [0.1, 0.15) is 65.2 Å². The quantitative estimate of drug-likeness (QED) is 0.616. The van der Waals surface area contributed by atoms with E-state index in [1.807, 2.05) is 6.08 Å². The van der Waals surface area contributed by atoms with Crippen LogP contribution in [-0.4, -0.2) is 5.78 Å². The average Bonchev–Trinajstić information content (AvgIpc) is 2.27. The Kier molecular flexibility index (Phi) is 5.67. The summed E-state index contributed by atoms with van der Waals surface area (Å²) in [5.41, 5.74) is 1.27. The molecule has 0 unspecified atom stereocenters. The lowest BCUT2D eigenvalue weighted by molar-refractivity contribution is -0.119. The van der Waals surface area contributed by atoms with Gasteiger partial charge in [-0.15, -0.1) is 0 Å². The molecule has 0 N–H and O–H groups in total. The van der Waals surface area contributed by atoms with Gasteiger partial charge in [0.25, 0.3) is 0 Å². The number of allylic oxidation sites excluding steroid dienone is 2. The summed E-state index contributed by atoms with van der Waals surface area (Å²) in [6, 6.07) is 0. The van der Waals surface area contributed by atoms with Crippen molar-refractivity contribution in [2.75, 3.05) is 0 Å². The van der Waals surface area contributed by atoms with Crippen LogP contribution < -0.4 is 0 Å². The fourth-order valence-electron chi connectivity index (χ4n) is 2.28. The van der Waals surface area contributed by atoms with Crippen LogP contribution in [0.3, 0.4) is 0 Å². The number of hydrogen-bond acceptors (Lipinski definition) is 1. The molecule has 0 atom stereocenters. The molecule has 86 valence electrons. The molecule has 0 bridgehead atoms. The van der Waals surface area contributed by atoms with Gasteiger partial charge in [0.15, 0.2) is 5.78 Å². The van der Waals surface area contributed by atoms with Gasteiger partial charge in [-0.05, 0) is 38.7 Å². The Balaban J connectivity index is 2.38. The standard InChI is InChI=1S/C14H24O/c1-3-4-8-12(2)11-14(15)13-9-6-5-7-10-13/h11,13H,3-10H2,1-2H3/b12-11+. The Hall–Kier alpha value is -0.590. The zero-order valence-electron chi connectivity index (χ0n) is 10.2. The second kappa shape index (κ2) is 6.81. The molecule has 1 aliphatic rings. The van der Waals surface area contributed by atoms with E-state index in [9.17, 15) is 4.79 Å². The highest BCUT2D eigenvalue weighted by Gasteiger charge is 2.18. The van der Waals surface area contributed by atoms with Gasteiger partial charge in [0.05, 0.1) is 0 Å². The van der Waals surface area contributed by atoms with Gasteiger partial charge in [-0.3, -0.25) is 4.79 Å². The molecule has 1 saturated carbocycles. The van der Waals surface area contributed by atoms with Crippen LogP contribution in [0.4, 0.5) is 0 Å². The van der Waals surface area contributed by atoms with Gasteiger partial charge < -0.3 is 0 Å². The first-order valence-electron chi connectivity index (χ1n) is 6.45. The lowest BCUT2D eigenvalue weighted by atomic mass is 9.85. The highest BCUT2D eigenvalue weighted by atomic mass is 16.1. The Morgan fingerprint density at radius 1 is 1.27 bits per heavy atom. The van der Waals surface area contributed by atoms with Crippen LogP contribution in [0.5, 0.6) is 0 Å². The van der Waals surface area contributed by atoms with Gasteiger partial charge in [0, 0.05) is 5.92 Å². The second-order valence-electron chi connectivity index (χ2n) is 4.83. The molecule has 0 radical (unpaired) electrons. The third kappa shape index (κ3) is 4.63. The van der Waals surface area contributed by atoms with Crippen LogP contribution in [0.15, 0.2) is 11.6 Å². The maximum atomic E-state index is 11.9. The molecule has 1 nitrogen and oxygen atoms in total. The maximum Gasteiger partial charge on any atom is 0.158 e. The summed E-state index contributed by atoms with van der Waals surface area (Å²) in [5.74, 6) is 0.735. The largest absolute Gasteiger partial charge is 0.295 e. The zero-order chi connectivity index (χ0) is 11.1. The van der Waals surface area contributed by atoms with Crippen LogP contribution in [0.2, 0.25) is 0 Å². The molecule has 1 rings (SSSR count). The monoisotopic (exact) mass is 208 g/mol. The molecule has 1 fully saturated rings. The fraction of sp³-hybridized carbons (Fsp3) is 0.786. The number of ketones is 1. The van der Waals surface area contributed by atoms with Crippen LogP contribution >= 0.6 is 0 Å². The molecule has 1 heteroatoms. The Labute approximate surface area is 93.9 Å². The van der Waals surface area contributed by atoms with Gasteiger partial charge in [-0.1, -0.05) is 38.2 Å². The van der Waals surface area contributed by atoms with Crippen LogP contribution in [0.25, 0.3) is 0 Å². The number of carbonyl (C=O) groups is 1. The van der Waals surface area contributed by atoms with E-state index in [0.29, 0.717) is 11.7 Å². The van der Waals surface area contributed by atoms with E-state index in [4.69, 9.17) is 0 Å². The Morgan fingerprint density at radius 2 is 1.93 bits per heavy atom. The molecule has 0 aromatic heterocycles. The van der Waals surface area contributed by atoms with E-state index in [2.05, 4.69) is 13.8 Å². The van der Waals surface area contributed by atoms with Crippen LogP contribution in [0, 0.1) is 5.92 Å². The molecule has 0 aliphatic heterocycles. The summed E-state index contributed by atoms with van der Waals surface area (Å²) in [6.07, 6.45) is 11.5. The van der Waals surface area contributed by atoms with Crippen molar-refractivity contribution in [2.24, 2.45) is 5.92 Å². The molecule has 0 aromatic carbocycles. The predicted octanol–water partition coefficient (Wildman–Crippen LogP) is 4.27. The normalized spacial score (nSPS) is 19.2. The minimum atomic E-state index is 0.343. The van der Waals surface area contributed by atoms with Gasteiger partial charge in [0.1, 0.15) is 0 Å². The molecular formula is C14H24O. The van der Waals surface area contributed by atoms with Crippen molar-refractivity contribution in [3.8, 4) is 0 Å². The van der Waals surface area contributed by atoms with Crippen molar-refractivity contribution < 1.29 is 4.79 Å². The first-order valence-corrected chi connectivity index (χ1v) is 6.45. The molecule has 0 saturated heterocycles. The van der Waals surface area contributed by atoms with Crippen molar-refractivity contribution in [3.05, 3.63) is 11.6 Å². The number of rotatable bonds is 5. The lowest BCUT2D eigenvalue weighted by Gasteiger charge is -2.18. The molecule has 15 heavy (non-hydrogen) atoms. The van der Waals surface area contributed by atoms with E-state index in [-0.39, 0.29) is 0 Å². The van der Waals surface area contributed by atoms with E-state index >= 15 is 0 Å². The summed E-state index contributed by atoms with van der Waals surface area (Å²) >= 11 is 0. The summed E-state index contributed by atoms with van der Waals surface area (Å²) in [5, 5.41) is 0. The molecule has 0 aromatic rings. The van der Waals surface area contributed by atoms with Crippen LogP contribution in [-0.2, 0) is 4.79 Å². The first kappa shape index (κ1) is 12.5. The van der Waals surface area contributed by atoms with E-state index in [0.717, 1.165) is 19.3 Å². The topological polar surface area (TPSA) is 17.1 Å². The molecule has 0 heterocycles. The minimum Gasteiger partial charge on any atom is -0.295 e. The molecule has 1 aliphatic carbocycles. The van der Waals surface area contributed by atoms with Crippen molar-refractivity contribution >= 4 is 5.78 Å². The Morgan fingerprint density at radius 3 is 2.53 bits per heavy atom. The number of carbonyl (C=O) groups excluding carboxylic acids is 1. The van der Waals surface area contributed by atoms with Crippen molar-refractivity contribution in [2.45, 2.75) is 65.2 Å². The van der Waals surface area contributed by atoms with Gasteiger partial charge in [0.2, 0.25) is 0 Å². The predicted molar refractivity (Wildman–Crippen MR) is 64.9 cm³/mol. The highest BCUT2D eigenvalue weighted by molar-refractivity contribution is 5.92. The summed E-state index contributed by atoms with van der Waals surface area (Å²) in [4.78, 5) is 11.9. The van der Waals surface area contributed by atoms with Gasteiger partial charge in [-0.25, -0.2) is 0 Å². The smallest absolute Gasteiger partial charge is 0.158 e. The first-order chi connectivity index (χ1) is 7.24. The van der Waals surface area contributed by atoms with Gasteiger partial charge >= 0.3 is 0 Å². The van der Waals surface area contributed by atoms with Crippen molar-refractivity contribution in [1.82, 2.24) is 0 Å². The van der Waals surface area contributed by atoms with Crippen molar-refractivity contribution in [1.29, 1.82) is 0 Å². The second-order valence-corrected chi connectivity index (χ2v) is 4.83. The molecule has 0 amide bonds. The third-order valence-electron chi connectivity index (χ3n) is 3.32. The molecule has 0 spiro atoms. The Bertz CT molecular complexity index is 221. The van der Waals surface area contributed by atoms with E-state index in [1.165, 1.54) is 37.7 Å². The SMILES string of the molecule is CCCC/C(C)=C/C(=O)C1CCCCC1. The highest BCUT2D eigenvalue weighted by Crippen LogP contribution is 2.25. The fourth-order valence-corrected chi connectivity index (χ4v) is 2.28. The average molecular weight is 208 g/mol. The lowest BCUT2D eigenvalue weighted by Crippen LogP contribution is -2.15. The van der Waals surface area contributed by atoms with Crippen molar-refractivity contribution in [3.63, 3.8) is 0 Å². The van der Waals surface area contributed by atoms with E-state index in [1.54, 1.807) is 0 Å².